The van der Waals surface area contributed by atoms with Crippen LogP contribution in [0.4, 0.5) is 0 Å². The lowest BCUT2D eigenvalue weighted by atomic mass is 9.98. The lowest BCUT2D eigenvalue weighted by Gasteiger charge is -2.40. The van der Waals surface area contributed by atoms with Gasteiger partial charge in [-0.25, -0.2) is 0 Å². The largest absolute Gasteiger partial charge is 0.462 e. The molecule has 0 aromatic rings. The number of unbranched alkanes of at least 4 members (excludes halogenated alkanes) is 38. The van der Waals surface area contributed by atoms with Crippen LogP contribution in [-0.4, -0.2) is 89.7 Å². The van der Waals surface area contributed by atoms with Gasteiger partial charge < -0.3 is 39.6 Å². The van der Waals surface area contributed by atoms with Gasteiger partial charge in [-0.15, -0.1) is 0 Å². The van der Waals surface area contributed by atoms with E-state index in [1.807, 2.05) is 0 Å². The topological polar surface area (TPSA) is 161 Å². The van der Waals surface area contributed by atoms with Gasteiger partial charge in [0.2, 0.25) is 5.91 Å². The molecule has 0 spiro atoms. The fourth-order valence-electron chi connectivity index (χ4n) is 9.58. The van der Waals surface area contributed by atoms with Crippen LogP contribution in [-0.2, 0) is 33.3 Å². The first-order valence-corrected chi connectivity index (χ1v) is 30.2. The zero-order valence-electron chi connectivity index (χ0n) is 45.9. The predicted molar refractivity (Wildman–Crippen MR) is 287 cm³/mol. The second-order valence-corrected chi connectivity index (χ2v) is 21.1. The van der Waals surface area contributed by atoms with Crippen LogP contribution >= 0.6 is 0 Å². The maximum Gasteiger partial charge on any atom is 0.306 e. The van der Waals surface area contributed by atoms with Gasteiger partial charge in [0.25, 0.3) is 0 Å². The van der Waals surface area contributed by atoms with Gasteiger partial charge in [0.15, 0.2) is 12.4 Å². The average Bonchev–Trinajstić information content (AvgIpc) is 3.35. The molecule has 1 aliphatic heterocycles. The van der Waals surface area contributed by atoms with Crippen LogP contribution in [0, 0.1) is 0 Å². The van der Waals surface area contributed by atoms with Crippen molar-refractivity contribution in [3.63, 3.8) is 0 Å². The first-order chi connectivity index (χ1) is 34.2. The summed E-state index contributed by atoms with van der Waals surface area (Å²) < 4.78 is 23.1. The quantitative estimate of drug-likeness (QED) is 0.0341. The first-order valence-electron chi connectivity index (χ1n) is 30.2. The Kier molecular flexibility index (Phi) is 46.8. The van der Waals surface area contributed by atoms with Crippen molar-refractivity contribution >= 4 is 17.8 Å². The molecule has 1 fully saturated rings. The fourth-order valence-corrected chi connectivity index (χ4v) is 9.58. The maximum atomic E-state index is 13.0. The van der Waals surface area contributed by atoms with E-state index >= 15 is 0 Å². The number of ether oxygens (including phenoxy) is 4. The van der Waals surface area contributed by atoms with Crippen LogP contribution in [0.25, 0.3) is 0 Å². The van der Waals surface area contributed by atoms with Crippen molar-refractivity contribution in [2.24, 2.45) is 0 Å². The highest BCUT2D eigenvalue weighted by Gasteiger charge is 2.44. The van der Waals surface area contributed by atoms with Crippen molar-refractivity contribution < 1.29 is 48.7 Å². The summed E-state index contributed by atoms with van der Waals surface area (Å²) >= 11 is 0. The third kappa shape index (κ3) is 39.7. The van der Waals surface area contributed by atoms with Crippen LogP contribution in [0.5, 0.6) is 0 Å². The first kappa shape index (κ1) is 66.2. The summed E-state index contributed by atoms with van der Waals surface area (Å²) in [6, 6.07) is 0. The molecule has 0 radical (unpaired) electrons. The number of carbonyl (C=O) groups excluding carboxylic acids is 3. The second-order valence-electron chi connectivity index (χ2n) is 21.1. The molecule has 4 N–H and O–H groups in total. The summed E-state index contributed by atoms with van der Waals surface area (Å²) in [6.07, 6.45) is 43.0. The van der Waals surface area contributed by atoms with E-state index in [1.54, 1.807) is 0 Å². The molecule has 0 aliphatic carbocycles. The van der Waals surface area contributed by atoms with E-state index in [-0.39, 0.29) is 44.5 Å². The van der Waals surface area contributed by atoms with Crippen LogP contribution in [0.1, 0.15) is 303 Å². The van der Waals surface area contributed by atoms with E-state index in [0.29, 0.717) is 12.8 Å². The van der Waals surface area contributed by atoms with Crippen molar-refractivity contribution in [1.29, 1.82) is 0 Å². The summed E-state index contributed by atoms with van der Waals surface area (Å²) in [5.74, 6) is -0.952. The van der Waals surface area contributed by atoms with E-state index in [0.717, 1.165) is 57.8 Å². The number of carbonyl (C=O) groups is 3. The molecule has 1 rings (SSSR count). The predicted octanol–water partition coefficient (Wildman–Crippen LogP) is 14.6. The number of hydrogen-bond donors (Lipinski definition) is 4. The number of esters is 2. The molecule has 0 unspecified atom stereocenters. The van der Waals surface area contributed by atoms with Crippen LogP contribution < -0.4 is 5.32 Å². The van der Waals surface area contributed by atoms with Crippen LogP contribution in [0.2, 0.25) is 0 Å². The molecular formula is C59H113NO10. The molecule has 1 heterocycles. The molecular weight excluding hydrogens is 883 g/mol. The fraction of sp³-hybridized carbons (Fsp3) is 0.949. The molecule has 0 saturated carbocycles. The summed E-state index contributed by atoms with van der Waals surface area (Å²) in [4.78, 5) is 38.5. The Balaban J connectivity index is 2.48. The molecule has 0 bridgehead atoms. The Morgan fingerprint density at radius 2 is 0.743 bits per heavy atom. The minimum absolute atomic E-state index is 0.0727. The average molecular weight is 997 g/mol. The Bertz CT molecular complexity index is 1170. The Morgan fingerprint density at radius 3 is 1.11 bits per heavy atom. The Morgan fingerprint density at radius 1 is 0.414 bits per heavy atom. The van der Waals surface area contributed by atoms with Gasteiger partial charge in [0.05, 0.1) is 6.61 Å². The van der Waals surface area contributed by atoms with Crippen molar-refractivity contribution in [3.05, 3.63) is 0 Å². The molecule has 6 atom stereocenters. The standard InChI is InChI=1S/C59H113NO10/c1-4-7-10-13-16-19-22-24-26-28-31-33-36-39-42-45-53(61)60-48-52-56(64)57(65)58(66)59(70-52)68-50-51(69-55(63)47-44-41-38-35-30-21-18-15-12-9-6-3)49-67-54(62)46-43-40-37-34-32-29-27-25-23-20-17-14-11-8-5-2/h51-52,56-59,64-66H,4-50H2,1-3H3,(H,60,61)/t51-,52-,56-,57+,58-,59+/m1/s1. The molecule has 414 valence electrons. The number of aliphatic hydroxyl groups excluding tert-OH is 3. The van der Waals surface area contributed by atoms with E-state index in [2.05, 4.69) is 26.1 Å². The molecule has 0 aromatic carbocycles. The van der Waals surface area contributed by atoms with Gasteiger partial charge in [-0.3, -0.25) is 14.4 Å². The lowest BCUT2D eigenvalue weighted by Crippen LogP contribution is -2.60. The summed E-state index contributed by atoms with van der Waals surface area (Å²) in [5, 5.41) is 35.1. The minimum atomic E-state index is -1.59. The molecule has 1 saturated heterocycles. The molecule has 11 heteroatoms. The van der Waals surface area contributed by atoms with Gasteiger partial charge in [-0.2, -0.15) is 0 Å². The highest BCUT2D eigenvalue weighted by atomic mass is 16.7. The van der Waals surface area contributed by atoms with Gasteiger partial charge in [-0.1, -0.05) is 265 Å². The number of rotatable bonds is 52. The normalized spacial score (nSPS) is 18.5. The highest BCUT2D eigenvalue weighted by molar-refractivity contribution is 5.75. The molecule has 1 aliphatic rings. The monoisotopic (exact) mass is 996 g/mol. The zero-order valence-corrected chi connectivity index (χ0v) is 45.9. The molecule has 11 nitrogen and oxygen atoms in total. The summed E-state index contributed by atoms with van der Waals surface area (Å²) in [6.45, 7) is 6.20. The van der Waals surface area contributed by atoms with Crippen molar-refractivity contribution in [2.75, 3.05) is 19.8 Å². The lowest BCUT2D eigenvalue weighted by molar-refractivity contribution is -0.299. The van der Waals surface area contributed by atoms with Crippen LogP contribution in [0.3, 0.4) is 0 Å². The Labute approximate surface area is 430 Å². The number of hydrogen-bond acceptors (Lipinski definition) is 10. The van der Waals surface area contributed by atoms with Crippen molar-refractivity contribution in [2.45, 2.75) is 340 Å². The SMILES string of the molecule is CCCCCCCCCCCCCCCCCC(=O)NC[C@H]1O[C@H](OC[C@@H](COC(=O)CCCCCCCCCCCCCCCCC)OC(=O)CCCCCCCCCCCCC)[C@H](O)[C@@H](O)[C@@H]1O. The molecule has 0 aromatic heterocycles. The summed E-state index contributed by atoms with van der Waals surface area (Å²) in [5.41, 5.74) is 0. The van der Waals surface area contributed by atoms with E-state index in [4.69, 9.17) is 18.9 Å². The van der Waals surface area contributed by atoms with E-state index in [1.165, 1.54) is 199 Å². The van der Waals surface area contributed by atoms with Gasteiger partial charge in [0.1, 0.15) is 31.0 Å². The second kappa shape index (κ2) is 49.4. The van der Waals surface area contributed by atoms with E-state index < -0.39 is 42.8 Å². The zero-order chi connectivity index (χ0) is 51.0. The summed E-state index contributed by atoms with van der Waals surface area (Å²) in [7, 11) is 0. The van der Waals surface area contributed by atoms with Crippen molar-refractivity contribution in [1.82, 2.24) is 5.32 Å². The third-order valence-corrected chi connectivity index (χ3v) is 14.3. The van der Waals surface area contributed by atoms with Crippen LogP contribution in [0.15, 0.2) is 0 Å². The minimum Gasteiger partial charge on any atom is -0.462 e. The third-order valence-electron chi connectivity index (χ3n) is 14.3. The van der Waals surface area contributed by atoms with Gasteiger partial charge in [-0.05, 0) is 19.3 Å². The molecule has 70 heavy (non-hydrogen) atoms. The maximum absolute atomic E-state index is 13.0. The number of nitrogens with one attached hydrogen (secondary N) is 1. The highest BCUT2D eigenvalue weighted by Crippen LogP contribution is 2.23. The van der Waals surface area contributed by atoms with Gasteiger partial charge >= 0.3 is 11.9 Å². The van der Waals surface area contributed by atoms with Gasteiger partial charge in [0, 0.05) is 25.8 Å². The van der Waals surface area contributed by atoms with E-state index in [9.17, 15) is 29.7 Å². The Hall–Kier alpha value is -1.79. The number of amides is 1. The molecule has 1 amide bonds. The van der Waals surface area contributed by atoms with Crippen molar-refractivity contribution in [3.8, 4) is 0 Å². The smallest absolute Gasteiger partial charge is 0.306 e. The number of aliphatic hydroxyl groups is 3.